The van der Waals surface area contributed by atoms with Gasteiger partial charge in [-0.25, -0.2) is 0 Å². The third kappa shape index (κ3) is 4.55. The molecule has 162 valence electrons. The van der Waals surface area contributed by atoms with Crippen LogP contribution in [0.3, 0.4) is 0 Å². The van der Waals surface area contributed by atoms with Gasteiger partial charge in [0.1, 0.15) is 5.75 Å². The van der Waals surface area contributed by atoms with E-state index in [2.05, 4.69) is 10.3 Å². The first-order valence-electron chi connectivity index (χ1n) is 10.4. The molecule has 0 radical (unpaired) electrons. The average Bonchev–Trinajstić information content (AvgIpc) is 3.24. The van der Waals surface area contributed by atoms with Crippen LogP contribution in [0.5, 0.6) is 5.75 Å². The van der Waals surface area contributed by atoms with Gasteiger partial charge in [-0.15, -0.1) is 0 Å². The van der Waals surface area contributed by atoms with E-state index in [1.54, 1.807) is 49.5 Å². The summed E-state index contributed by atoms with van der Waals surface area (Å²) in [5.74, 6) is 0.451. The molecule has 1 aromatic heterocycles. The molecular formula is C26H25N3O3. The SMILES string of the molecule is COc1ccc(NC(=O)CN(C)[C@@H](C(=O)c2c[nH]c3ccccc23)c2ccccc2)cc1. The number of anilines is 1. The Morgan fingerprint density at radius 2 is 1.66 bits per heavy atom. The van der Waals surface area contributed by atoms with E-state index in [1.165, 1.54) is 0 Å². The van der Waals surface area contributed by atoms with Crippen molar-refractivity contribution in [2.75, 3.05) is 26.0 Å². The molecule has 2 N–H and O–H groups in total. The smallest absolute Gasteiger partial charge is 0.238 e. The lowest BCUT2D eigenvalue weighted by Gasteiger charge is -2.27. The number of aromatic nitrogens is 1. The predicted molar refractivity (Wildman–Crippen MR) is 126 cm³/mol. The van der Waals surface area contributed by atoms with E-state index < -0.39 is 6.04 Å². The number of benzene rings is 3. The molecule has 0 fully saturated rings. The minimum absolute atomic E-state index is 0.0552. The first-order valence-corrected chi connectivity index (χ1v) is 10.4. The molecule has 0 unspecified atom stereocenters. The molecule has 0 bridgehead atoms. The Bertz CT molecular complexity index is 1220. The summed E-state index contributed by atoms with van der Waals surface area (Å²) in [5.41, 5.74) is 3.02. The van der Waals surface area contributed by atoms with Crippen molar-refractivity contribution in [2.45, 2.75) is 6.04 Å². The van der Waals surface area contributed by atoms with Gasteiger partial charge in [-0.1, -0.05) is 48.5 Å². The van der Waals surface area contributed by atoms with E-state index in [0.29, 0.717) is 17.0 Å². The van der Waals surface area contributed by atoms with Gasteiger partial charge in [-0.3, -0.25) is 14.5 Å². The highest BCUT2D eigenvalue weighted by molar-refractivity contribution is 6.10. The quantitative estimate of drug-likeness (QED) is 0.401. The van der Waals surface area contributed by atoms with Gasteiger partial charge in [0.25, 0.3) is 0 Å². The first-order chi connectivity index (χ1) is 15.6. The van der Waals surface area contributed by atoms with Crippen molar-refractivity contribution in [3.8, 4) is 5.75 Å². The number of likely N-dealkylation sites (N-methyl/N-ethyl adjacent to an activating group) is 1. The molecule has 0 aliphatic heterocycles. The van der Waals surface area contributed by atoms with E-state index in [4.69, 9.17) is 4.74 Å². The number of methoxy groups -OCH3 is 1. The van der Waals surface area contributed by atoms with Gasteiger partial charge < -0.3 is 15.0 Å². The fourth-order valence-corrected chi connectivity index (χ4v) is 3.86. The maximum absolute atomic E-state index is 13.7. The first kappa shape index (κ1) is 21.3. The molecule has 0 aliphatic carbocycles. The fourth-order valence-electron chi connectivity index (χ4n) is 3.86. The van der Waals surface area contributed by atoms with Crippen molar-refractivity contribution >= 4 is 28.3 Å². The number of para-hydroxylation sites is 1. The van der Waals surface area contributed by atoms with Crippen molar-refractivity contribution in [1.82, 2.24) is 9.88 Å². The Morgan fingerprint density at radius 3 is 2.38 bits per heavy atom. The molecule has 0 saturated heterocycles. The average molecular weight is 428 g/mol. The number of H-pyrrole nitrogens is 1. The normalized spacial score (nSPS) is 12.0. The minimum atomic E-state index is -0.600. The second-order valence-corrected chi connectivity index (χ2v) is 7.62. The van der Waals surface area contributed by atoms with Crippen LogP contribution in [0, 0.1) is 0 Å². The monoisotopic (exact) mass is 427 g/mol. The third-order valence-electron chi connectivity index (χ3n) is 5.43. The summed E-state index contributed by atoms with van der Waals surface area (Å²) in [6, 6.07) is 23.8. The Hall–Kier alpha value is -3.90. The molecule has 4 aromatic rings. The van der Waals surface area contributed by atoms with Crippen molar-refractivity contribution in [1.29, 1.82) is 0 Å². The van der Waals surface area contributed by atoms with Gasteiger partial charge in [-0.2, -0.15) is 0 Å². The molecule has 4 rings (SSSR count). The van der Waals surface area contributed by atoms with E-state index in [9.17, 15) is 9.59 Å². The molecule has 32 heavy (non-hydrogen) atoms. The number of hydrogen-bond donors (Lipinski definition) is 2. The van der Waals surface area contributed by atoms with Crippen molar-refractivity contribution in [2.24, 2.45) is 0 Å². The van der Waals surface area contributed by atoms with E-state index in [0.717, 1.165) is 16.5 Å². The summed E-state index contributed by atoms with van der Waals surface area (Å²) in [7, 11) is 3.38. The standard InChI is InChI=1S/C26H25N3O3/c1-29(17-24(30)28-19-12-14-20(32-2)15-13-19)25(18-8-4-3-5-9-18)26(31)22-16-27-23-11-7-6-10-21(22)23/h3-16,25,27H,17H2,1-2H3,(H,28,30)/t25-/m1/s1. The Kier molecular flexibility index (Phi) is 6.33. The second-order valence-electron chi connectivity index (χ2n) is 7.62. The Labute approximate surface area is 186 Å². The zero-order chi connectivity index (χ0) is 22.5. The number of hydrogen-bond acceptors (Lipinski definition) is 4. The molecule has 1 heterocycles. The predicted octanol–water partition coefficient (Wildman–Crippen LogP) is 4.67. The van der Waals surface area contributed by atoms with Crippen LogP contribution in [-0.4, -0.2) is 42.3 Å². The van der Waals surface area contributed by atoms with Gasteiger partial charge in [0.15, 0.2) is 5.78 Å². The van der Waals surface area contributed by atoms with E-state index >= 15 is 0 Å². The maximum Gasteiger partial charge on any atom is 0.238 e. The lowest BCUT2D eigenvalue weighted by molar-refractivity contribution is -0.117. The van der Waals surface area contributed by atoms with Gasteiger partial charge in [0.2, 0.25) is 5.91 Å². The molecule has 6 heteroatoms. The maximum atomic E-state index is 13.7. The number of rotatable bonds is 8. The fraction of sp³-hybridized carbons (Fsp3) is 0.154. The number of carbonyl (C=O) groups is 2. The van der Waals surface area contributed by atoms with Crippen molar-refractivity contribution in [3.63, 3.8) is 0 Å². The third-order valence-corrected chi connectivity index (χ3v) is 5.43. The number of amides is 1. The number of ether oxygens (including phenoxy) is 1. The number of carbonyl (C=O) groups excluding carboxylic acids is 2. The highest BCUT2D eigenvalue weighted by Crippen LogP contribution is 2.28. The van der Waals surface area contributed by atoms with E-state index in [1.807, 2.05) is 54.6 Å². The number of nitrogens with one attached hydrogen (secondary N) is 2. The van der Waals surface area contributed by atoms with Crippen LogP contribution < -0.4 is 10.1 Å². The Morgan fingerprint density at radius 1 is 0.969 bits per heavy atom. The molecule has 0 saturated carbocycles. The van der Waals surface area contributed by atoms with Gasteiger partial charge in [0.05, 0.1) is 19.7 Å². The number of fused-ring (bicyclic) bond motifs is 1. The molecule has 0 aliphatic rings. The summed E-state index contributed by atoms with van der Waals surface area (Å²) in [4.78, 5) is 31.3. The van der Waals surface area contributed by atoms with Crippen LogP contribution in [-0.2, 0) is 4.79 Å². The zero-order valence-corrected chi connectivity index (χ0v) is 18.0. The molecule has 6 nitrogen and oxygen atoms in total. The summed E-state index contributed by atoms with van der Waals surface area (Å²) in [6.45, 7) is 0.0552. The molecule has 1 atom stereocenters. The van der Waals surface area contributed by atoms with Crippen LogP contribution in [0.2, 0.25) is 0 Å². The summed E-state index contributed by atoms with van der Waals surface area (Å²) < 4.78 is 5.15. The second kappa shape index (κ2) is 9.49. The zero-order valence-electron chi connectivity index (χ0n) is 18.0. The number of aromatic amines is 1. The number of ketones is 1. The van der Waals surface area contributed by atoms with E-state index in [-0.39, 0.29) is 18.2 Å². The van der Waals surface area contributed by atoms with Crippen LogP contribution in [0.15, 0.2) is 85.1 Å². The topological polar surface area (TPSA) is 74.4 Å². The highest BCUT2D eigenvalue weighted by Gasteiger charge is 2.29. The van der Waals surface area contributed by atoms with Crippen LogP contribution in [0.25, 0.3) is 10.9 Å². The summed E-state index contributed by atoms with van der Waals surface area (Å²) >= 11 is 0. The lowest BCUT2D eigenvalue weighted by Crippen LogP contribution is -2.37. The lowest BCUT2D eigenvalue weighted by atomic mass is 9.96. The van der Waals surface area contributed by atoms with Crippen LogP contribution in [0.4, 0.5) is 5.69 Å². The number of Topliss-reactive ketones (excluding diaryl/α,β-unsaturated/α-hetero) is 1. The molecule has 0 spiro atoms. The molecule has 3 aromatic carbocycles. The van der Waals surface area contributed by atoms with Crippen LogP contribution >= 0.6 is 0 Å². The van der Waals surface area contributed by atoms with Gasteiger partial charge in [-0.05, 0) is 42.9 Å². The van der Waals surface area contributed by atoms with Gasteiger partial charge >= 0.3 is 0 Å². The van der Waals surface area contributed by atoms with Crippen LogP contribution in [0.1, 0.15) is 22.0 Å². The summed E-state index contributed by atoms with van der Waals surface area (Å²) in [6.07, 6.45) is 1.74. The van der Waals surface area contributed by atoms with Crippen molar-refractivity contribution in [3.05, 3.63) is 96.2 Å². The van der Waals surface area contributed by atoms with Crippen molar-refractivity contribution < 1.29 is 14.3 Å². The minimum Gasteiger partial charge on any atom is -0.497 e. The van der Waals surface area contributed by atoms with Gasteiger partial charge in [0, 0.05) is 28.4 Å². The summed E-state index contributed by atoms with van der Waals surface area (Å²) in [5, 5.41) is 3.75. The molecular weight excluding hydrogens is 402 g/mol. The Balaban J connectivity index is 1.57. The highest BCUT2D eigenvalue weighted by atomic mass is 16.5. The molecule has 1 amide bonds. The largest absolute Gasteiger partial charge is 0.497 e. The number of nitrogens with zero attached hydrogens (tertiary/aromatic N) is 1.